The Hall–Kier alpha value is -2.31. The summed E-state index contributed by atoms with van der Waals surface area (Å²) < 4.78 is 13.6. The van der Waals surface area contributed by atoms with Crippen LogP contribution in [0.3, 0.4) is 0 Å². The molecule has 1 aliphatic heterocycles. The van der Waals surface area contributed by atoms with Gasteiger partial charge in [0, 0.05) is 17.5 Å². The summed E-state index contributed by atoms with van der Waals surface area (Å²) in [5.74, 6) is -0.849. The van der Waals surface area contributed by atoms with Crippen LogP contribution in [0, 0.1) is 5.82 Å². The Morgan fingerprint density at radius 1 is 1.22 bits per heavy atom. The number of urea groups is 1. The first-order valence-corrected chi connectivity index (χ1v) is 9.26. The molecule has 5 nitrogen and oxygen atoms in total. The highest BCUT2D eigenvalue weighted by Crippen LogP contribution is 2.46. The molecule has 0 aromatic heterocycles. The average molecular weight is 408 g/mol. The van der Waals surface area contributed by atoms with E-state index in [4.69, 9.17) is 23.2 Å². The molecule has 0 saturated carbocycles. The molecule has 1 aliphatic carbocycles. The maximum absolute atomic E-state index is 13.6. The van der Waals surface area contributed by atoms with Gasteiger partial charge in [0.25, 0.3) is 0 Å². The first-order valence-electron chi connectivity index (χ1n) is 8.51. The number of fused-ring (bicyclic) bond motifs is 1. The summed E-state index contributed by atoms with van der Waals surface area (Å²) in [6, 6.07) is 8.64. The van der Waals surface area contributed by atoms with Crippen molar-refractivity contribution in [2.45, 2.75) is 24.4 Å². The lowest BCUT2D eigenvalue weighted by Gasteiger charge is -2.38. The lowest BCUT2D eigenvalue weighted by atomic mass is 9.71. The molecular formula is C19H16Cl2FN3O2. The smallest absolute Gasteiger partial charge is 0.315 e. The van der Waals surface area contributed by atoms with Gasteiger partial charge in [0.05, 0.1) is 11.1 Å². The Morgan fingerprint density at radius 3 is 2.74 bits per heavy atom. The zero-order chi connectivity index (χ0) is 19.1. The molecule has 1 saturated heterocycles. The van der Waals surface area contributed by atoms with Crippen molar-refractivity contribution < 1.29 is 14.0 Å². The fourth-order valence-corrected chi connectivity index (χ4v) is 4.07. The summed E-state index contributed by atoms with van der Waals surface area (Å²) in [4.78, 5) is 24.0. The number of rotatable bonds is 4. The Labute approximate surface area is 165 Å². The molecule has 0 spiro atoms. The second-order valence-electron chi connectivity index (χ2n) is 6.68. The van der Waals surface area contributed by atoms with E-state index in [-0.39, 0.29) is 29.4 Å². The van der Waals surface area contributed by atoms with Gasteiger partial charge in [-0.05, 0) is 41.3 Å². The van der Waals surface area contributed by atoms with Gasteiger partial charge in [-0.2, -0.15) is 0 Å². The number of hydrogen-bond donors (Lipinski definition) is 3. The molecule has 2 unspecified atom stereocenters. The van der Waals surface area contributed by atoms with E-state index in [1.54, 1.807) is 6.07 Å². The molecule has 2 aliphatic rings. The molecule has 3 amide bonds. The first kappa shape index (κ1) is 18.1. The number of amides is 3. The van der Waals surface area contributed by atoms with Crippen molar-refractivity contribution in [3.63, 3.8) is 0 Å². The maximum atomic E-state index is 13.6. The molecule has 1 fully saturated rings. The van der Waals surface area contributed by atoms with E-state index >= 15 is 0 Å². The Bertz CT molecular complexity index is 937. The number of carbonyl (C=O) groups excluding carboxylic acids is 2. The third-order valence-corrected chi connectivity index (χ3v) is 5.71. The highest BCUT2D eigenvalue weighted by Gasteiger charge is 2.38. The van der Waals surface area contributed by atoms with Crippen molar-refractivity contribution in [3.8, 4) is 0 Å². The van der Waals surface area contributed by atoms with Crippen LogP contribution in [0.15, 0.2) is 36.4 Å². The van der Waals surface area contributed by atoms with E-state index < -0.39 is 17.9 Å². The molecule has 0 bridgehead atoms. The fraction of sp³-hybridized carbons (Fsp3) is 0.263. The number of halogens is 3. The predicted octanol–water partition coefficient (Wildman–Crippen LogP) is 3.31. The van der Waals surface area contributed by atoms with Gasteiger partial charge in [-0.1, -0.05) is 41.4 Å². The largest absolute Gasteiger partial charge is 0.347 e. The standard InChI is InChI=1S/C19H16Cl2FN3O2/c20-13-3-1-2-10-11(13)7-12(10)17(9-4-5-15(22)14(21)6-9)25-18(26)16-8-23-19(27)24-16/h1-6,12,16-17H,7-8H2,(H,25,26)(H2,23,24,27)/t12?,16-,17?/m0/s1. The van der Waals surface area contributed by atoms with Crippen molar-refractivity contribution in [1.82, 2.24) is 16.0 Å². The van der Waals surface area contributed by atoms with Gasteiger partial charge in [0.1, 0.15) is 11.9 Å². The predicted molar refractivity (Wildman–Crippen MR) is 101 cm³/mol. The van der Waals surface area contributed by atoms with Gasteiger partial charge >= 0.3 is 6.03 Å². The number of nitrogens with one attached hydrogen (secondary N) is 3. The van der Waals surface area contributed by atoms with Crippen LogP contribution in [0.2, 0.25) is 10.0 Å². The lowest BCUT2D eigenvalue weighted by Crippen LogP contribution is -2.46. The van der Waals surface area contributed by atoms with Crippen molar-refractivity contribution in [2.24, 2.45) is 0 Å². The lowest BCUT2D eigenvalue weighted by molar-refractivity contribution is -0.123. The van der Waals surface area contributed by atoms with Crippen molar-refractivity contribution in [1.29, 1.82) is 0 Å². The SMILES string of the molecule is O=C1NC[C@@H](C(=O)NC(c2ccc(F)c(Cl)c2)C2Cc3c(Cl)cccc32)N1. The highest BCUT2D eigenvalue weighted by molar-refractivity contribution is 6.31. The van der Waals surface area contributed by atoms with Gasteiger partial charge in [-0.25, -0.2) is 9.18 Å². The molecule has 8 heteroatoms. The summed E-state index contributed by atoms with van der Waals surface area (Å²) >= 11 is 12.2. The van der Waals surface area contributed by atoms with Crippen LogP contribution in [-0.4, -0.2) is 24.5 Å². The Morgan fingerprint density at radius 2 is 2.04 bits per heavy atom. The minimum absolute atomic E-state index is 0.00627. The van der Waals surface area contributed by atoms with Crippen molar-refractivity contribution in [3.05, 3.63) is 69.0 Å². The van der Waals surface area contributed by atoms with E-state index in [1.807, 2.05) is 18.2 Å². The Balaban J connectivity index is 1.64. The molecule has 27 heavy (non-hydrogen) atoms. The van der Waals surface area contributed by atoms with Gasteiger partial charge in [-0.15, -0.1) is 0 Å². The van der Waals surface area contributed by atoms with Crippen LogP contribution < -0.4 is 16.0 Å². The third kappa shape index (κ3) is 3.35. The zero-order valence-corrected chi connectivity index (χ0v) is 15.6. The van der Waals surface area contributed by atoms with E-state index in [9.17, 15) is 14.0 Å². The maximum Gasteiger partial charge on any atom is 0.315 e. The van der Waals surface area contributed by atoms with Crippen LogP contribution in [0.4, 0.5) is 9.18 Å². The molecule has 2 aromatic rings. The zero-order valence-electron chi connectivity index (χ0n) is 14.1. The van der Waals surface area contributed by atoms with Gasteiger partial charge in [0.15, 0.2) is 0 Å². The van der Waals surface area contributed by atoms with E-state index in [0.717, 1.165) is 11.1 Å². The molecule has 0 radical (unpaired) electrons. The molecule has 3 N–H and O–H groups in total. The Kier molecular flexibility index (Phi) is 4.70. The second-order valence-corrected chi connectivity index (χ2v) is 7.50. The van der Waals surface area contributed by atoms with Crippen LogP contribution >= 0.6 is 23.2 Å². The normalized spacial score (nSPS) is 21.5. The summed E-state index contributed by atoms with van der Waals surface area (Å²) in [5.41, 5.74) is 2.79. The molecule has 1 heterocycles. The fourth-order valence-electron chi connectivity index (χ4n) is 3.62. The van der Waals surface area contributed by atoms with Crippen molar-refractivity contribution >= 4 is 35.1 Å². The third-order valence-electron chi connectivity index (χ3n) is 5.07. The monoisotopic (exact) mass is 407 g/mol. The average Bonchev–Trinajstić information content (AvgIpc) is 3.05. The first-order chi connectivity index (χ1) is 12.9. The van der Waals surface area contributed by atoms with Gasteiger partial charge < -0.3 is 16.0 Å². The van der Waals surface area contributed by atoms with E-state index in [2.05, 4.69) is 16.0 Å². The van der Waals surface area contributed by atoms with Gasteiger partial charge in [0.2, 0.25) is 5.91 Å². The van der Waals surface area contributed by atoms with Crippen LogP contribution in [0.25, 0.3) is 0 Å². The molecule has 4 rings (SSSR count). The quantitative estimate of drug-likeness (QED) is 0.727. The summed E-state index contributed by atoms with van der Waals surface area (Å²) in [5, 5.41) is 8.80. The summed E-state index contributed by atoms with van der Waals surface area (Å²) in [7, 11) is 0. The molecule has 3 atom stereocenters. The van der Waals surface area contributed by atoms with Crippen LogP contribution in [0.1, 0.15) is 28.7 Å². The molecular weight excluding hydrogens is 392 g/mol. The minimum Gasteiger partial charge on any atom is -0.347 e. The van der Waals surface area contributed by atoms with Crippen LogP contribution in [0.5, 0.6) is 0 Å². The summed E-state index contributed by atoms with van der Waals surface area (Å²) in [6.07, 6.45) is 0.685. The summed E-state index contributed by atoms with van der Waals surface area (Å²) in [6.45, 7) is 0.217. The van der Waals surface area contributed by atoms with Crippen LogP contribution in [-0.2, 0) is 11.2 Å². The molecule has 2 aromatic carbocycles. The van der Waals surface area contributed by atoms with Crippen molar-refractivity contribution in [2.75, 3.05) is 6.54 Å². The van der Waals surface area contributed by atoms with E-state index in [1.165, 1.54) is 12.1 Å². The second kappa shape index (κ2) is 7.02. The van der Waals surface area contributed by atoms with Gasteiger partial charge in [-0.3, -0.25) is 4.79 Å². The van der Waals surface area contributed by atoms with E-state index in [0.29, 0.717) is 17.0 Å². The highest BCUT2D eigenvalue weighted by atomic mass is 35.5. The number of benzene rings is 2. The minimum atomic E-state index is -0.658. The number of hydrogen-bond acceptors (Lipinski definition) is 2. The molecule has 140 valence electrons. The number of carbonyl (C=O) groups is 2. The topological polar surface area (TPSA) is 70.2 Å².